The number of fused-ring (bicyclic) bond motifs is 2. The lowest BCUT2D eigenvalue weighted by atomic mass is 10.1. The molecule has 2 fully saturated rings. The van der Waals surface area contributed by atoms with Crippen molar-refractivity contribution >= 4 is 56.4 Å². The van der Waals surface area contributed by atoms with E-state index in [-0.39, 0.29) is 17.5 Å². The molecule has 2 saturated carbocycles. The van der Waals surface area contributed by atoms with E-state index in [1.54, 1.807) is 29.8 Å². The highest BCUT2D eigenvalue weighted by Gasteiger charge is 2.25. The minimum Gasteiger partial charge on any atom is -0.422 e. The summed E-state index contributed by atoms with van der Waals surface area (Å²) in [4.78, 5) is 33.4. The highest BCUT2D eigenvalue weighted by molar-refractivity contribution is 7.18. The molecule has 0 atom stereocenters. The van der Waals surface area contributed by atoms with Crippen LogP contribution in [0.15, 0.2) is 45.2 Å². The fourth-order valence-corrected chi connectivity index (χ4v) is 4.53. The predicted molar refractivity (Wildman–Crippen MR) is 126 cm³/mol. The molecule has 1 aromatic carbocycles. The van der Waals surface area contributed by atoms with Gasteiger partial charge in [0.15, 0.2) is 0 Å². The summed E-state index contributed by atoms with van der Waals surface area (Å²) in [6, 6.07) is 7.87. The maximum absolute atomic E-state index is 12.3. The van der Waals surface area contributed by atoms with Crippen LogP contribution in [-0.2, 0) is 0 Å². The van der Waals surface area contributed by atoms with Gasteiger partial charge in [0.1, 0.15) is 23.3 Å². The number of benzene rings is 1. The van der Waals surface area contributed by atoms with Gasteiger partial charge < -0.3 is 15.1 Å². The van der Waals surface area contributed by atoms with E-state index >= 15 is 0 Å². The summed E-state index contributed by atoms with van der Waals surface area (Å²) in [5.41, 5.74) is 2.77. The van der Waals surface area contributed by atoms with Crippen LogP contribution in [0.4, 0.5) is 5.82 Å². The second kappa shape index (κ2) is 7.56. The Balaban J connectivity index is 1.30. The molecule has 7 nitrogen and oxygen atoms in total. The maximum atomic E-state index is 12.3. The number of carbonyl (C=O) groups is 1. The zero-order valence-electron chi connectivity index (χ0n) is 17.1. The largest absolute Gasteiger partial charge is 0.422 e. The molecule has 2 aliphatic rings. The molecule has 2 aliphatic carbocycles. The molecule has 32 heavy (non-hydrogen) atoms. The Hall–Kier alpha value is -3.52. The third-order valence-electron chi connectivity index (χ3n) is 5.67. The van der Waals surface area contributed by atoms with Crippen LogP contribution in [0.2, 0.25) is 0 Å². The Morgan fingerprint density at radius 1 is 1.09 bits per heavy atom. The van der Waals surface area contributed by atoms with Gasteiger partial charge in [-0.1, -0.05) is 18.2 Å². The summed E-state index contributed by atoms with van der Waals surface area (Å²) >= 11 is 1.63. The summed E-state index contributed by atoms with van der Waals surface area (Å²) < 4.78 is 6.43. The molecule has 2 N–H and O–H groups in total. The van der Waals surface area contributed by atoms with Crippen molar-refractivity contribution < 1.29 is 9.21 Å². The molecule has 0 unspecified atom stereocenters. The monoisotopic (exact) mass is 444 g/mol. The number of anilines is 1. The van der Waals surface area contributed by atoms with Crippen LogP contribution in [0.25, 0.3) is 33.3 Å². The van der Waals surface area contributed by atoms with Gasteiger partial charge in [-0.05, 0) is 49.4 Å². The lowest BCUT2D eigenvalue weighted by Crippen LogP contribution is -2.29. The molecule has 8 heteroatoms. The molecule has 1 amide bonds. The normalized spacial score (nSPS) is 16.1. The Morgan fingerprint density at radius 3 is 2.75 bits per heavy atom. The second-order valence-corrected chi connectivity index (χ2v) is 9.22. The van der Waals surface area contributed by atoms with E-state index < -0.39 is 5.63 Å². The van der Waals surface area contributed by atoms with E-state index in [1.807, 2.05) is 24.3 Å². The predicted octanol–water partition coefficient (Wildman–Crippen LogP) is 4.43. The Labute approximate surface area is 187 Å². The highest BCUT2D eigenvalue weighted by Crippen LogP contribution is 2.33. The lowest BCUT2D eigenvalue weighted by Gasteiger charge is -2.04. The Kier molecular flexibility index (Phi) is 4.53. The fourth-order valence-electron chi connectivity index (χ4n) is 3.59. The van der Waals surface area contributed by atoms with Crippen molar-refractivity contribution in [1.29, 1.82) is 0 Å². The van der Waals surface area contributed by atoms with Crippen molar-refractivity contribution in [2.75, 3.05) is 5.32 Å². The minimum absolute atomic E-state index is 0.0433. The summed E-state index contributed by atoms with van der Waals surface area (Å²) in [5, 5.41) is 9.10. The highest BCUT2D eigenvalue weighted by atomic mass is 32.1. The fraction of sp³-hybridized carbons (Fsp3) is 0.250. The molecule has 6 rings (SSSR count). The first kappa shape index (κ1) is 19.2. The van der Waals surface area contributed by atoms with Crippen LogP contribution >= 0.6 is 11.3 Å². The van der Waals surface area contributed by atoms with Gasteiger partial charge in [0.2, 0.25) is 0 Å². The summed E-state index contributed by atoms with van der Waals surface area (Å²) in [7, 11) is 0. The molecule has 3 heterocycles. The van der Waals surface area contributed by atoms with Gasteiger partial charge in [-0.2, -0.15) is 0 Å². The molecule has 0 saturated heterocycles. The van der Waals surface area contributed by atoms with Crippen LogP contribution < -0.4 is 16.3 Å². The number of aromatic nitrogens is 2. The van der Waals surface area contributed by atoms with Crippen LogP contribution in [0.5, 0.6) is 0 Å². The molecule has 0 spiro atoms. The van der Waals surface area contributed by atoms with Gasteiger partial charge in [0, 0.05) is 28.4 Å². The van der Waals surface area contributed by atoms with Gasteiger partial charge in [0.05, 0.1) is 10.2 Å². The van der Waals surface area contributed by atoms with Crippen molar-refractivity contribution in [2.24, 2.45) is 0 Å². The maximum Gasteiger partial charge on any atom is 0.349 e. The summed E-state index contributed by atoms with van der Waals surface area (Å²) in [5.74, 6) is 0.532. The molecule has 160 valence electrons. The Bertz CT molecular complexity index is 1450. The molecule has 0 bridgehead atoms. The standard InChI is InChI=1S/C24H20N4O3S/c29-23(28-17-6-7-17)18-10-15-9-13(2-8-19(15)31-24(18)30)1-3-14-11-32-21-20(14)25-12-26-22(21)27-16-4-5-16/h1-3,8-12,16-17H,4-7H2,(H,28,29)(H,25,26,27). The molecule has 4 aromatic rings. The van der Waals surface area contributed by atoms with E-state index in [0.29, 0.717) is 17.0 Å². The van der Waals surface area contributed by atoms with Crippen molar-refractivity contribution in [3.05, 3.63) is 63.1 Å². The minimum atomic E-state index is -0.612. The van der Waals surface area contributed by atoms with E-state index in [1.165, 1.54) is 12.8 Å². The Morgan fingerprint density at radius 2 is 1.94 bits per heavy atom. The lowest BCUT2D eigenvalue weighted by molar-refractivity contribution is 0.0947. The SMILES string of the molecule is O=C(NC1CC1)c1cc2cc(C=Cc3csc4c(NC5CC5)ncnc34)ccc2oc1=O. The van der Waals surface area contributed by atoms with E-state index in [9.17, 15) is 9.59 Å². The zero-order chi connectivity index (χ0) is 21.7. The number of nitrogens with one attached hydrogen (secondary N) is 2. The van der Waals surface area contributed by atoms with Crippen LogP contribution in [0.3, 0.4) is 0 Å². The van der Waals surface area contributed by atoms with Crippen LogP contribution in [-0.4, -0.2) is 28.0 Å². The van der Waals surface area contributed by atoms with Crippen molar-refractivity contribution in [3.63, 3.8) is 0 Å². The molecule has 3 aromatic heterocycles. The van der Waals surface area contributed by atoms with Gasteiger partial charge in [-0.25, -0.2) is 14.8 Å². The van der Waals surface area contributed by atoms with E-state index in [2.05, 4.69) is 26.0 Å². The number of hydrogen-bond donors (Lipinski definition) is 2. The third kappa shape index (κ3) is 3.78. The van der Waals surface area contributed by atoms with Crippen LogP contribution in [0.1, 0.15) is 47.2 Å². The van der Waals surface area contributed by atoms with E-state index in [0.717, 1.165) is 40.0 Å². The number of carbonyl (C=O) groups excluding carboxylic acids is 1. The quantitative estimate of drug-likeness (QED) is 0.427. The average Bonchev–Trinajstić information content (AvgIpc) is 3.72. The van der Waals surface area contributed by atoms with Gasteiger partial charge in [-0.15, -0.1) is 11.3 Å². The second-order valence-electron chi connectivity index (χ2n) is 8.34. The van der Waals surface area contributed by atoms with Crippen molar-refractivity contribution in [3.8, 4) is 0 Å². The zero-order valence-corrected chi connectivity index (χ0v) is 17.9. The number of amides is 1. The smallest absolute Gasteiger partial charge is 0.349 e. The first-order valence-corrected chi connectivity index (χ1v) is 11.6. The number of thiophene rings is 1. The first-order chi connectivity index (χ1) is 15.6. The first-order valence-electron chi connectivity index (χ1n) is 10.7. The number of nitrogens with zero attached hydrogens (tertiary/aromatic N) is 2. The molecule has 0 radical (unpaired) electrons. The third-order valence-corrected chi connectivity index (χ3v) is 6.66. The van der Waals surface area contributed by atoms with Crippen molar-refractivity contribution in [2.45, 2.75) is 37.8 Å². The number of hydrogen-bond acceptors (Lipinski definition) is 7. The van der Waals surface area contributed by atoms with Gasteiger partial charge >= 0.3 is 5.63 Å². The number of rotatable bonds is 6. The van der Waals surface area contributed by atoms with Gasteiger partial charge in [0.25, 0.3) is 5.91 Å². The average molecular weight is 445 g/mol. The van der Waals surface area contributed by atoms with Crippen molar-refractivity contribution in [1.82, 2.24) is 15.3 Å². The molecular formula is C24H20N4O3S. The summed E-state index contributed by atoms with van der Waals surface area (Å²) in [6.45, 7) is 0. The van der Waals surface area contributed by atoms with E-state index in [4.69, 9.17) is 4.42 Å². The topological polar surface area (TPSA) is 97.1 Å². The van der Waals surface area contributed by atoms with Crippen LogP contribution in [0, 0.1) is 0 Å². The van der Waals surface area contributed by atoms with Gasteiger partial charge in [-0.3, -0.25) is 4.79 Å². The summed E-state index contributed by atoms with van der Waals surface area (Å²) in [6.07, 6.45) is 9.91. The molecular weight excluding hydrogens is 424 g/mol. The molecule has 0 aliphatic heterocycles.